The molecule has 0 fully saturated rings. The fourth-order valence-electron chi connectivity index (χ4n) is 1.02. The van der Waals surface area contributed by atoms with E-state index in [0.717, 1.165) is 17.7 Å². The normalized spacial score (nSPS) is 8.73. The second-order valence-electron chi connectivity index (χ2n) is 2.55. The van der Waals surface area contributed by atoms with E-state index in [-0.39, 0.29) is 0 Å². The van der Waals surface area contributed by atoms with E-state index in [1.807, 2.05) is 25.2 Å². The van der Waals surface area contributed by atoms with Gasteiger partial charge in [0.1, 0.15) is 6.29 Å². The Morgan fingerprint density at radius 3 is 2.67 bits per heavy atom. The second-order valence-corrected chi connectivity index (χ2v) is 3.69. The first-order chi connectivity index (χ1) is 7.38. The highest BCUT2D eigenvalue weighted by atomic mass is 32.2. The summed E-state index contributed by atoms with van der Waals surface area (Å²) in [5.74, 6) is 0.849. The van der Waals surface area contributed by atoms with Gasteiger partial charge in [-0.15, -0.1) is 11.8 Å². The lowest BCUT2D eigenvalue weighted by Crippen LogP contribution is -1.90. The predicted molar refractivity (Wildman–Crippen MR) is 67.5 cm³/mol. The zero-order chi connectivity index (χ0) is 11.5. The van der Waals surface area contributed by atoms with E-state index < -0.39 is 0 Å². The van der Waals surface area contributed by atoms with Gasteiger partial charge >= 0.3 is 0 Å². The minimum absolute atomic E-state index is 0.614. The number of aldehydes is 1. The number of carbonyl (C=O) groups excluding carboxylic acids is 1. The zero-order valence-electron chi connectivity index (χ0n) is 9.19. The molecule has 84 valence electrons. The molecule has 0 saturated carbocycles. The highest BCUT2D eigenvalue weighted by molar-refractivity contribution is 7.99. The van der Waals surface area contributed by atoms with Crippen molar-refractivity contribution in [1.82, 2.24) is 0 Å². The summed E-state index contributed by atoms with van der Waals surface area (Å²) in [6.45, 7) is 0. The Morgan fingerprint density at radius 2 is 2.07 bits per heavy atom. The molecule has 0 radical (unpaired) electrons. The van der Waals surface area contributed by atoms with Crippen LogP contribution in [0.3, 0.4) is 0 Å². The third kappa shape index (κ3) is 5.44. The quantitative estimate of drug-likeness (QED) is 0.458. The van der Waals surface area contributed by atoms with Crippen LogP contribution in [0.4, 0.5) is 5.69 Å². The Hall–Kier alpha value is -1.00. The number of thioether (sulfide) groups is 1. The van der Waals surface area contributed by atoms with Crippen molar-refractivity contribution >= 4 is 23.7 Å². The highest BCUT2D eigenvalue weighted by Gasteiger charge is 1.98. The van der Waals surface area contributed by atoms with Crippen LogP contribution in [0.25, 0.3) is 0 Å². The molecule has 0 aliphatic heterocycles. The number of anilines is 1. The van der Waals surface area contributed by atoms with Gasteiger partial charge in [-0.05, 0) is 19.2 Å². The number of nitrogens with one attached hydrogen (secondary N) is 1. The maximum Gasteiger partial charge on any atom is 0.120 e. The molecule has 4 heteroatoms. The van der Waals surface area contributed by atoms with E-state index in [1.54, 1.807) is 11.8 Å². The number of hydrogen-bond donors (Lipinski definition) is 2. The molecule has 0 aliphatic carbocycles. The van der Waals surface area contributed by atoms with Gasteiger partial charge in [0.25, 0.3) is 0 Å². The van der Waals surface area contributed by atoms with Crippen molar-refractivity contribution < 1.29 is 4.79 Å². The topological polar surface area (TPSA) is 55.1 Å². The largest absolute Gasteiger partial charge is 0.387 e. The summed E-state index contributed by atoms with van der Waals surface area (Å²) < 4.78 is 0. The molecule has 0 spiro atoms. The average Bonchev–Trinajstić information content (AvgIpc) is 2.33. The first kappa shape index (κ1) is 14.0. The Bertz CT molecular complexity index is 279. The molecule has 15 heavy (non-hydrogen) atoms. The third-order valence-electron chi connectivity index (χ3n) is 1.65. The highest BCUT2D eigenvalue weighted by Crippen LogP contribution is 2.26. The first-order valence-corrected chi connectivity index (χ1v) is 5.78. The summed E-state index contributed by atoms with van der Waals surface area (Å²) in [4.78, 5) is 11.3. The predicted octanol–water partition coefficient (Wildman–Crippen LogP) is 1.98. The van der Waals surface area contributed by atoms with Crippen molar-refractivity contribution in [2.45, 2.75) is 11.3 Å². The number of carbonyl (C=O) groups is 1. The van der Waals surface area contributed by atoms with Crippen LogP contribution >= 0.6 is 11.8 Å². The van der Waals surface area contributed by atoms with Crippen LogP contribution in [0.1, 0.15) is 6.42 Å². The molecule has 0 saturated heterocycles. The standard InChI is InChI=1S/C10H13NOS.CH5N/c1-11-9-5-2-3-6-10(9)13-8-4-7-12;1-2/h2-3,5-7,11H,4,8H2,1H3;2H2,1H3. The summed E-state index contributed by atoms with van der Waals surface area (Å²) >= 11 is 1.70. The summed E-state index contributed by atoms with van der Waals surface area (Å²) in [5.41, 5.74) is 5.62. The van der Waals surface area contributed by atoms with Gasteiger partial charge in [0.2, 0.25) is 0 Å². The SMILES string of the molecule is CN.CNc1ccccc1SCCC=O. The lowest BCUT2D eigenvalue weighted by atomic mass is 10.3. The van der Waals surface area contributed by atoms with E-state index >= 15 is 0 Å². The Kier molecular flexibility index (Phi) is 8.91. The molecule has 0 aromatic heterocycles. The lowest BCUT2D eigenvalue weighted by molar-refractivity contribution is -0.107. The summed E-state index contributed by atoms with van der Waals surface area (Å²) in [6.07, 6.45) is 1.57. The van der Waals surface area contributed by atoms with E-state index in [4.69, 9.17) is 0 Å². The van der Waals surface area contributed by atoms with Gasteiger partial charge in [0.15, 0.2) is 0 Å². The van der Waals surface area contributed by atoms with Crippen LogP contribution in [0.2, 0.25) is 0 Å². The maximum absolute atomic E-state index is 10.1. The fourth-order valence-corrected chi connectivity index (χ4v) is 1.95. The molecule has 1 rings (SSSR count). The third-order valence-corrected chi connectivity index (χ3v) is 2.76. The van der Waals surface area contributed by atoms with Gasteiger partial charge in [0, 0.05) is 29.8 Å². The molecule has 0 heterocycles. The van der Waals surface area contributed by atoms with Crippen molar-refractivity contribution in [3.05, 3.63) is 24.3 Å². The number of para-hydroxylation sites is 1. The molecule has 0 unspecified atom stereocenters. The first-order valence-electron chi connectivity index (χ1n) is 4.79. The Morgan fingerprint density at radius 1 is 1.40 bits per heavy atom. The van der Waals surface area contributed by atoms with E-state index in [9.17, 15) is 4.79 Å². The average molecular weight is 226 g/mol. The van der Waals surface area contributed by atoms with Gasteiger partial charge in [-0.25, -0.2) is 0 Å². The molecule has 3 nitrogen and oxygen atoms in total. The molecule has 0 amide bonds. The molecule has 3 N–H and O–H groups in total. The van der Waals surface area contributed by atoms with E-state index in [2.05, 4.69) is 17.1 Å². The molecular weight excluding hydrogens is 208 g/mol. The monoisotopic (exact) mass is 226 g/mol. The lowest BCUT2D eigenvalue weighted by Gasteiger charge is -2.06. The van der Waals surface area contributed by atoms with Crippen LogP contribution < -0.4 is 11.1 Å². The van der Waals surface area contributed by atoms with Gasteiger partial charge in [-0.1, -0.05) is 12.1 Å². The molecule has 0 bridgehead atoms. The molecule has 0 aliphatic rings. The van der Waals surface area contributed by atoms with Crippen LogP contribution in [-0.4, -0.2) is 26.1 Å². The smallest absolute Gasteiger partial charge is 0.120 e. The van der Waals surface area contributed by atoms with Gasteiger partial charge in [-0.2, -0.15) is 0 Å². The van der Waals surface area contributed by atoms with Crippen LogP contribution in [0.15, 0.2) is 29.2 Å². The molecule has 1 aromatic carbocycles. The fraction of sp³-hybridized carbons (Fsp3) is 0.364. The molecule has 0 atom stereocenters. The van der Waals surface area contributed by atoms with Gasteiger partial charge < -0.3 is 15.8 Å². The van der Waals surface area contributed by atoms with Gasteiger partial charge in [-0.3, -0.25) is 0 Å². The summed E-state index contributed by atoms with van der Waals surface area (Å²) in [7, 11) is 3.40. The maximum atomic E-state index is 10.1. The summed E-state index contributed by atoms with van der Waals surface area (Å²) in [6, 6.07) is 8.09. The van der Waals surface area contributed by atoms with Crippen LogP contribution in [-0.2, 0) is 4.79 Å². The minimum atomic E-state index is 0.614. The number of nitrogens with two attached hydrogens (primary N) is 1. The van der Waals surface area contributed by atoms with Crippen molar-refractivity contribution in [3.8, 4) is 0 Å². The van der Waals surface area contributed by atoms with Crippen molar-refractivity contribution in [2.24, 2.45) is 5.73 Å². The number of hydrogen-bond acceptors (Lipinski definition) is 4. The zero-order valence-corrected chi connectivity index (χ0v) is 10.0. The Balaban J connectivity index is 0.000000921. The van der Waals surface area contributed by atoms with E-state index in [0.29, 0.717) is 6.42 Å². The van der Waals surface area contributed by atoms with E-state index in [1.165, 1.54) is 11.9 Å². The van der Waals surface area contributed by atoms with Crippen LogP contribution in [0.5, 0.6) is 0 Å². The van der Waals surface area contributed by atoms with Crippen molar-refractivity contribution in [1.29, 1.82) is 0 Å². The van der Waals surface area contributed by atoms with Gasteiger partial charge in [0.05, 0.1) is 0 Å². The molecule has 1 aromatic rings. The summed E-state index contributed by atoms with van der Waals surface area (Å²) in [5, 5.41) is 3.11. The second kappa shape index (κ2) is 9.55. The van der Waals surface area contributed by atoms with Crippen molar-refractivity contribution in [2.75, 3.05) is 25.2 Å². The van der Waals surface area contributed by atoms with Crippen LogP contribution in [0, 0.1) is 0 Å². The Labute approximate surface area is 95.4 Å². The van der Waals surface area contributed by atoms with Crippen molar-refractivity contribution in [3.63, 3.8) is 0 Å². The number of rotatable bonds is 5. The number of benzene rings is 1. The minimum Gasteiger partial charge on any atom is -0.387 e. The molecular formula is C11H18N2OS.